The molecule has 0 aliphatic carbocycles. The van der Waals surface area contributed by atoms with Crippen molar-refractivity contribution in [2.24, 2.45) is 5.10 Å². The van der Waals surface area contributed by atoms with Crippen LogP contribution in [0.5, 0.6) is 0 Å². The minimum atomic E-state index is 0.999. The van der Waals surface area contributed by atoms with Gasteiger partial charge in [0.05, 0.1) is 20.9 Å². The fourth-order valence-electron chi connectivity index (χ4n) is 1.25. The molecule has 2 rings (SSSR count). The van der Waals surface area contributed by atoms with Crippen LogP contribution in [0.2, 0.25) is 0 Å². The van der Waals surface area contributed by atoms with Gasteiger partial charge < -0.3 is 0 Å². The maximum Gasteiger partial charge on any atom is 0.0907 e. The molecule has 14 heavy (non-hydrogen) atoms. The average molecular weight is 205 g/mol. The van der Waals surface area contributed by atoms with Crippen LogP contribution in [0, 0.1) is 6.92 Å². The zero-order valence-corrected chi connectivity index (χ0v) is 8.93. The van der Waals surface area contributed by atoms with Crippen LogP contribution in [0.3, 0.4) is 0 Å². The van der Waals surface area contributed by atoms with Gasteiger partial charge in [-0.1, -0.05) is 0 Å². The number of thiazole rings is 1. The van der Waals surface area contributed by atoms with E-state index in [4.69, 9.17) is 0 Å². The Morgan fingerprint density at radius 3 is 3.14 bits per heavy atom. The van der Waals surface area contributed by atoms with Crippen molar-refractivity contribution in [3.05, 3.63) is 23.2 Å². The van der Waals surface area contributed by atoms with E-state index in [0.29, 0.717) is 0 Å². The monoisotopic (exact) mass is 205 g/mol. The Balaban J connectivity index is 2.40. The molecule has 0 saturated carbocycles. The third-order valence-electron chi connectivity index (χ3n) is 1.82. The molecule has 1 aromatic carbocycles. The summed E-state index contributed by atoms with van der Waals surface area (Å²) in [6.45, 7) is 3.89. The van der Waals surface area contributed by atoms with E-state index < -0.39 is 0 Å². The molecule has 1 heterocycles. The number of nitrogens with one attached hydrogen (secondary N) is 1. The molecule has 0 bridgehead atoms. The molecular weight excluding hydrogens is 194 g/mol. The molecule has 3 nitrogen and oxygen atoms in total. The second-order valence-electron chi connectivity index (χ2n) is 2.91. The molecule has 4 heteroatoms. The van der Waals surface area contributed by atoms with Crippen LogP contribution in [0.15, 0.2) is 23.3 Å². The van der Waals surface area contributed by atoms with Crippen molar-refractivity contribution in [2.75, 3.05) is 5.43 Å². The molecule has 1 aromatic heterocycles. The van der Waals surface area contributed by atoms with Crippen LogP contribution in [-0.2, 0) is 0 Å². The topological polar surface area (TPSA) is 37.3 Å². The number of rotatable bonds is 2. The number of nitrogens with zero attached hydrogens (tertiary/aromatic N) is 2. The van der Waals surface area contributed by atoms with Gasteiger partial charge in [-0.25, -0.2) is 4.98 Å². The zero-order chi connectivity index (χ0) is 9.97. The van der Waals surface area contributed by atoms with Crippen LogP contribution < -0.4 is 5.43 Å². The molecule has 0 aliphatic rings. The number of hydrazone groups is 1. The van der Waals surface area contributed by atoms with E-state index in [1.54, 1.807) is 17.6 Å². The summed E-state index contributed by atoms with van der Waals surface area (Å²) in [6, 6.07) is 6.05. The van der Waals surface area contributed by atoms with E-state index in [1.807, 2.05) is 26.0 Å². The van der Waals surface area contributed by atoms with Crippen LogP contribution in [0.25, 0.3) is 10.2 Å². The lowest BCUT2D eigenvalue weighted by Gasteiger charge is -1.97. The third-order valence-corrected chi connectivity index (χ3v) is 2.75. The van der Waals surface area contributed by atoms with E-state index in [1.165, 1.54) is 4.70 Å². The number of hydrogen-bond donors (Lipinski definition) is 1. The lowest BCUT2D eigenvalue weighted by molar-refractivity contribution is 1.33. The Kier molecular flexibility index (Phi) is 2.45. The summed E-state index contributed by atoms with van der Waals surface area (Å²) in [4.78, 5) is 4.39. The van der Waals surface area contributed by atoms with E-state index in [-0.39, 0.29) is 0 Å². The van der Waals surface area contributed by atoms with Crippen molar-refractivity contribution in [1.29, 1.82) is 0 Å². The van der Waals surface area contributed by atoms with Crippen molar-refractivity contribution in [3.63, 3.8) is 0 Å². The van der Waals surface area contributed by atoms with E-state index in [0.717, 1.165) is 16.2 Å². The molecule has 72 valence electrons. The Hall–Kier alpha value is -1.42. The van der Waals surface area contributed by atoms with E-state index in [9.17, 15) is 0 Å². The number of aromatic nitrogens is 1. The fraction of sp³-hybridized carbons (Fsp3) is 0.200. The first-order valence-corrected chi connectivity index (χ1v) is 5.22. The van der Waals surface area contributed by atoms with Gasteiger partial charge in [0.1, 0.15) is 0 Å². The van der Waals surface area contributed by atoms with Crippen LogP contribution >= 0.6 is 11.3 Å². The Morgan fingerprint density at radius 2 is 2.36 bits per heavy atom. The minimum Gasteiger partial charge on any atom is -0.279 e. The Bertz CT molecular complexity index is 473. The fourth-order valence-corrected chi connectivity index (χ4v) is 2.11. The van der Waals surface area contributed by atoms with Gasteiger partial charge in [0, 0.05) is 6.21 Å². The maximum absolute atomic E-state index is 4.39. The predicted molar refractivity (Wildman–Crippen MR) is 62.1 cm³/mol. The van der Waals surface area contributed by atoms with Crippen LogP contribution in [0.4, 0.5) is 5.69 Å². The highest BCUT2D eigenvalue weighted by Gasteiger charge is 2.00. The van der Waals surface area contributed by atoms with Crippen LogP contribution in [0.1, 0.15) is 11.9 Å². The average Bonchev–Trinajstić information content (AvgIpc) is 2.54. The van der Waals surface area contributed by atoms with Gasteiger partial charge >= 0.3 is 0 Å². The largest absolute Gasteiger partial charge is 0.279 e. The lowest BCUT2D eigenvalue weighted by Crippen LogP contribution is -1.86. The number of hydrogen-bond acceptors (Lipinski definition) is 4. The second kappa shape index (κ2) is 3.75. The summed E-state index contributed by atoms with van der Waals surface area (Å²) >= 11 is 1.70. The summed E-state index contributed by atoms with van der Waals surface area (Å²) in [5.74, 6) is 0. The first-order chi connectivity index (χ1) is 6.79. The van der Waals surface area contributed by atoms with E-state index >= 15 is 0 Å². The summed E-state index contributed by atoms with van der Waals surface area (Å²) in [6.07, 6.45) is 1.72. The molecule has 0 amide bonds. The molecule has 0 saturated heterocycles. The molecule has 1 N–H and O–H groups in total. The maximum atomic E-state index is 4.39. The molecule has 0 aliphatic heterocycles. The van der Waals surface area contributed by atoms with Crippen molar-refractivity contribution >= 4 is 33.5 Å². The quantitative estimate of drug-likeness (QED) is 0.604. The number of aryl methyl sites for hydroxylation is 1. The van der Waals surface area contributed by atoms with Gasteiger partial charge in [0.25, 0.3) is 0 Å². The van der Waals surface area contributed by atoms with Crippen molar-refractivity contribution in [1.82, 2.24) is 4.98 Å². The first kappa shape index (κ1) is 9.15. The van der Waals surface area contributed by atoms with Crippen molar-refractivity contribution in [3.8, 4) is 0 Å². The number of fused-ring (bicyclic) bond motifs is 1. The van der Waals surface area contributed by atoms with Crippen LogP contribution in [-0.4, -0.2) is 11.2 Å². The predicted octanol–water partition coefficient (Wildman–Crippen LogP) is 3.02. The van der Waals surface area contributed by atoms with Gasteiger partial charge in [0.15, 0.2) is 0 Å². The standard InChI is InChI=1S/C10H11N3S/c1-3-11-13-8-4-5-9-10(6-8)14-7(2)12-9/h3-6,13H,1-2H3/b11-3+. The van der Waals surface area contributed by atoms with Gasteiger partial charge in [-0.15, -0.1) is 11.3 Å². The van der Waals surface area contributed by atoms with Crippen molar-refractivity contribution in [2.45, 2.75) is 13.8 Å². The summed E-state index contributed by atoms with van der Waals surface area (Å²) < 4.78 is 1.19. The van der Waals surface area contributed by atoms with Gasteiger partial charge in [0.2, 0.25) is 0 Å². The molecule has 0 atom stereocenters. The van der Waals surface area contributed by atoms with E-state index in [2.05, 4.69) is 21.6 Å². The highest BCUT2D eigenvalue weighted by atomic mass is 32.1. The zero-order valence-electron chi connectivity index (χ0n) is 8.11. The number of anilines is 1. The molecule has 2 aromatic rings. The summed E-state index contributed by atoms with van der Waals surface area (Å²) in [5, 5.41) is 5.06. The summed E-state index contributed by atoms with van der Waals surface area (Å²) in [7, 11) is 0. The lowest BCUT2D eigenvalue weighted by atomic mass is 10.3. The summed E-state index contributed by atoms with van der Waals surface area (Å²) in [5.41, 5.74) is 5.00. The highest BCUT2D eigenvalue weighted by Crippen LogP contribution is 2.24. The number of benzene rings is 1. The molecule has 0 fully saturated rings. The molecule has 0 unspecified atom stereocenters. The third kappa shape index (κ3) is 1.75. The molecule has 0 spiro atoms. The van der Waals surface area contributed by atoms with Crippen molar-refractivity contribution < 1.29 is 0 Å². The smallest absolute Gasteiger partial charge is 0.0907 e. The molecular formula is C10H11N3S. The van der Waals surface area contributed by atoms with Gasteiger partial charge in [-0.2, -0.15) is 5.10 Å². The highest BCUT2D eigenvalue weighted by molar-refractivity contribution is 7.18. The minimum absolute atomic E-state index is 0.999. The van der Waals surface area contributed by atoms with Gasteiger partial charge in [-0.3, -0.25) is 5.43 Å². The van der Waals surface area contributed by atoms with Gasteiger partial charge in [-0.05, 0) is 32.0 Å². The SMILES string of the molecule is C/C=N/Nc1ccc2nc(C)sc2c1. The Labute approximate surface area is 86.5 Å². The Morgan fingerprint density at radius 1 is 1.50 bits per heavy atom. The first-order valence-electron chi connectivity index (χ1n) is 4.40. The second-order valence-corrected chi connectivity index (χ2v) is 4.15. The molecule has 0 radical (unpaired) electrons. The normalized spacial score (nSPS) is 11.3.